The minimum atomic E-state index is 0.198. The molecule has 0 fully saturated rings. The smallest absolute Gasteiger partial charge is 0.230 e. The fourth-order valence-corrected chi connectivity index (χ4v) is 2.48. The molecule has 5 nitrogen and oxygen atoms in total. The average Bonchev–Trinajstić information content (AvgIpc) is 2.80. The molecule has 2 rings (SSSR count). The van der Waals surface area contributed by atoms with E-state index in [9.17, 15) is 0 Å². The van der Waals surface area contributed by atoms with Gasteiger partial charge in [-0.15, -0.1) is 0 Å². The molecular weight excluding hydrogens is 282 g/mol. The second-order valence-electron chi connectivity index (χ2n) is 4.50. The van der Waals surface area contributed by atoms with Crippen LogP contribution in [-0.2, 0) is 6.42 Å². The largest absolute Gasteiger partial charge is 0.351 e. The molecule has 1 N–H and O–H groups in total. The third kappa shape index (κ3) is 4.04. The van der Waals surface area contributed by atoms with Crippen LogP contribution in [0.25, 0.3) is 0 Å². The summed E-state index contributed by atoms with van der Waals surface area (Å²) in [4.78, 5) is 14.2. The minimum absolute atomic E-state index is 0.198. The third-order valence-electron chi connectivity index (χ3n) is 2.49. The van der Waals surface area contributed by atoms with Gasteiger partial charge in [-0.2, -0.15) is 26.3 Å². The zero-order valence-electron chi connectivity index (χ0n) is 11.1. The quantitative estimate of drug-likeness (QED) is 0.919. The van der Waals surface area contributed by atoms with Gasteiger partial charge in [0, 0.05) is 20.1 Å². The van der Waals surface area contributed by atoms with Crippen molar-refractivity contribution < 1.29 is 0 Å². The number of hydrogen-bond donors (Lipinski definition) is 1. The number of aromatic nitrogens is 3. The normalized spacial score (nSPS) is 12.2. The lowest BCUT2D eigenvalue weighted by molar-refractivity contribution is 0.775. The van der Waals surface area contributed by atoms with Crippen molar-refractivity contribution in [3.8, 4) is 0 Å². The number of hydrogen-bond acceptors (Lipinski definition) is 6. The third-order valence-corrected chi connectivity index (χ3v) is 3.39. The summed E-state index contributed by atoms with van der Waals surface area (Å²) < 4.78 is 0. The van der Waals surface area contributed by atoms with Gasteiger partial charge >= 0.3 is 0 Å². The summed E-state index contributed by atoms with van der Waals surface area (Å²) in [5.41, 5.74) is 1.30. The van der Waals surface area contributed by atoms with Crippen LogP contribution in [0.3, 0.4) is 0 Å². The van der Waals surface area contributed by atoms with Gasteiger partial charge in [0.15, 0.2) is 0 Å². The van der Waals surface area contributed by atoms with E-state index >= 15 is 0 Å². The lowest BCUT2D eigenvalue weighted by Gasteiger charge is -2.15. The van der Waals surface area contributed by atoms with Gasteiger partial charge in [-0.3, -0.25) is 0 Å². The predicted molar refractivity (Wildman–Crippen MR) is 80.3 cm³/mol. The summed E-state index contributed by atoms with van der Waals surface area (Å²) >= 11 is 7.59. The molecule has 0 spiro atoms. The number of anilines is 2. The first kappa shape index (κ1) is 14.0. The van der Waals surface area contributed by atoms with Crippen molar-refractivity contribution in [2.24, 2.45) is 0 Å². The van der Waals surface area contributed by atoms with Gasteiger partial charge in [-0.1, -0.05) is 0 Å². The maximum Gasteiger partial charge on any atom is 0.230 e. The van der Waals surface area contributed by atoms with Gasteiger partial charge in [0.2, 0.25) is 17.2 Å². The molecule has 0 aliphatic heterocycles. The Balaban J connectivity index is 2.05. The predicted octanol–water partition coefficient (Wildman–Crippen LogP) is 2.70. The van der Waals surface area contributed by atoms with Crippen molar-refractivity contribution in [2.75, 3.05) is 24.3 Å². The van der Waals surface area contributed by atoms with Gasteiger partial charge in [0.05, 0.1) is 0 Å². The molecule has 0 bridgehead atoms. The molecule has 0 aromatic carbocycles. The maximum atomic E-state index is 5.89. The molecule has 0 radical (unpaired) electrons. The van der Waals surface area contributed by atoms with E-state index in [1.54, 1.807) is 16.2 Å². The second-order valence-corrected chi connectivity index (χ2v) is 5.62. The van der Waals surface area contributed by atoms with Crippen molar-refractivity contribution in [3.05, 3.63) is 27.7 Å². The fraction of sp³-hybridized carbons (Fsp3) is 0.417. The van der Waals surface area contributed by atoms with Crippen LogP contribution in [0, 0.1) is 0 Å². The van der Waals surface area contributed by atoms with Crippen LogP contribution in [0.2, 0.25) is 5.28 Å². The molecule has 2 aromatic heterocycles. The maximum absolute atomic E-state index is 5.89. The molecule has 0 aliphatic carbocycles. The highest BCUT2D eigenvalue weighted by atomic mass is 35.5. The summed E-state index contributed by atoms with van der Waals surface area (Å²) in [5, 5.41) is 7.66. The molecule has 0 saturated carbocycles. The monoisotopic (exact) mass is 297 g/mol. The van der Waals surface area contributed by atoms with Crippen LogP contribution in [0.4, 0.5) is 11.9 Å². The standard InChI is InChI=1S/C12H16ClN5S/c1-8(6-9-4-5-19-7-9)14-11-15-10(13)16-12(17-11)18(2)3/h4-5,7-8H,6H2,1-3H3,(H,14,15,16,17). The van der Waals surface area contributed by atoms with Crippen LogP contribution < -0.4 is 10.2 Å². The number of thiophene rings is 1. The highest BCUT2D eigenvalue weighted by molar-refractivity contribution is 7.07. The first-order chi connectivity index (χ1) is 9.04. The van der Waals surface area contributed by atoms with Crippen molar-refractivity contribution >= 4 is 34.8 Å². The van der Waals surface area contributed by atoms with E-state index in [0.29, 0.717) is 11.9 Å². The number of rotatable bonds is 5. The van der Waals surface area contributed by atoms with E-state index in [1.165, 1.54) is 5.56 Å². The summed E-state index contributed by atoms with van der Waals surface area (Å²) in [6, 6.07) is 2.34. The van der Waals surface area contributed by atoms with E-state index < -0.39 is 0 Å². The lowest BCUT2D eigenvalue weighted by atomic mass is 10.1. The molecule has 2 aromatic rings. The Hall–Kier alpha value is -1.40. The molecule has 0 saturated heterocycles. The van der Waals surface area contributed by atoms with Crippen LogP contribution in [0.5, 0.6) is 0 Å². The molecule has 102 valence electrons. The summed E-state index contributed by atoms with van der Waals surface area (Å²) in [6.45, 7) is 2.09. The zero-order chi connectivity index (χ0) is 13.8. The number of nitrogens with zero attached hydrogens (tertiary/aromatic N) is 4. The highest BCUT2D eigenvalue weighted by Crippen LogP contribution is 2.14. The van der Waals surface area contributed by atoms with Gasteiger partial charge in [0.1, 0.15) is 0 Å². The Labute approximate surface area is 121 Å². The Morgan fingerprint density at radius 3 is 2.79 bits per heavy atom. The van der Waals surface area contributed by atoms with Crippen molar-refractivity contribution in [2.45, 2.75) is 19.4 Å². The first-order valence-corrected chi connectivity index (χ1v) is 7.23. The number of halogens is 1. The summed E-state index contributed by atoms with van der Waals surface area (Å²) in [7, 11) is 3.73. The van der Waals surface area contributed by atoms with E-state index in [-0.39, 0.29) is 11.3 Å². The first-order valence-electron chi connectivity index (χ1n) is 5.91. The van der Waals surface area contributed by atoms with Crippen LogP contribution in [0.15, 0.2) is 16.8 Å². The topological polar surface area (TPSA) is 53.9 Å². The van der Waals surface area contributed by atoms with Crippen LogP contribution >= 0.6 is 22.9 Å². The van der Waals surface area contributed by atoms with Crippen molar-refractivity contribution in [3.63, 3.8) is 0 Å². The zero-order valence-corrected chi connectivity index (χ0v) is 12.7. The molecule has 1 unspecified atom stereocenters. The van der Waals surface area contributed by atoms with Crippen molar-refractivity contribution in [1.82, 2.24) is 15.0 Å². The number of nitrogens with one attached hydrogen (secondary N) is 1. The summed E-state index contributed by atoms with van der Waals surface area (Å²) in [5.74, 6) is 1.05. The van der Waals surface area contributed by atoms with E-state index in [0.717, 1.165) is 6.42 Å². The second kappa shape index (κ2) is 6.16. The van der Waals surface area contributed by atoms with Crippen LogP contribution in [0.1, 0.15) is 12.5 Å². The van der Waals surface area contributed by atoms with Crippen LogP contribution in [-0.4, -0.2) is 35.1 Å². The molecule has 19 heavy (non-hydrogen) atoms. The Morgan fingerprint density at radius 2 is 2.16 bits per heavy atom. The summed E-state index contributed by atoms with van der Waals surface area (Å²) in [6.07, 6.45) is 0.921. The lowest BCUT2D eigenvalue weighted by Crippen LogP contribution is -2.21. The SMILES string of the molecule is CC(Cc1ccsc1)Nc1nc(Cl)nc(N(C)C)n1. The van der Waals surface area contributed by atoms with Gasteiger partial charge in [-0.25, -0.2) is 0 Å². The Morgan fingerprint density at radius 1 is 1.37 bits per heavy atom. The van der Waals surface area contributed by atoms with Gasteiger partial charge in [-0.05, 0) is 47.3 Å². The Bertz CT molecular complexity index is 529. The fourth-order valence-electron chi connectivity index (χ4n) is 1.64. The van der Waals surface area contributed by atoms with Gasteiger partial charge < -0.3 is 10.2 Å². The Kier molecular flexibility index (Phi) is 4.55. The van der Waals surface area contributed by atoms with E-state index in [2.05, 4.69) is 44.0 Å². The minimum Gasteiger partial charge on any atom is -0.351 e. The molecule has 0 aliphatic rings. The van der Waals surface area contributed by atoms with Gasteiger partial charge in [0.25, 0.3) is 0 Å². The molecule has 7 heteroatoms. The van der Waals surface area contributed by atoms with E-state index in [4.69, 9.17) is 11.6 Å². The molecule has 1 atom stereocenters. The van der Waals surface area contributed by atoms with E-state index in [1.807, 2.05) is 14.1 Å². The molecular formula is C12H16ClN5S. The average molecular weight is 298 g/mol. The highest BCUT2D eigenvalue weighted by Gasteiger charge is 2.10. The molecule has 2 heterocycles. The van der Waals surface area contributed by atoms with Crippen molar-refractivity contribution in [1.29, 1.82) is 0 Å². The molecule has 0 amide bonds.